The Morgan fingerprint density at radius 3 is 2.54 bits per heavy atom. The van der Waals surface area contributed by atoms with Crippen LogP contribution in [0.5, 0.6) is 0 Å². The van der Waals surface area contributed by atoms with Gasteiger partial charge in [-0.2, -0.15) is 0 Å². The van der Waals surface area contributed by atoms with Crippen molar-refractivity contribution in [3.63, 3.8) is 0 Å². The predicted molar refractivity (Wildman–Crippen MR) is 54.8 cm³/mol. The van der Waals surface area contributed by atoms with E-state index in [2.05, 4.69) is 6.92 Å². The third-order valence-electron chi connectivity index (χ3n) is 1.93. The van der Waals surface area contributed by atoms with Crippen LogP contribution in [0.15, 0.2) is 0 Å². The molecule has 13 heavy (non-hydrogen) atoms. The average Bonchev–Trinajstić information content (AvgIpc) is 2.11. The molecule has 0 heterocycles. The lowest BCUT2D eigenvalue weighted by Gasteiger charge is -2.09. The first-order valence-electron chi connectivity index (χ1n) is 5.13. The Balaban J connectivity index is 2.97. The molecule has 0 spiro atoms. The van der Waals surface area contributed by atoms with Gasteiger partial charge in [0.25, 0.3) is 0 Å². The number of hydrogen-bond acceptors (Lipinski definition) is 3. The zero-order chi connectivity index (χ0) is 9.94. The SMILES string of the molecule is CCCC(N)CCOCCCOC. The lowest BCUT2D eigenvalue weighted by atomic mass is 10.1. The highest BCUT2D eigenvalue weighted by Gasteiger charge is 1.99. The van der Waals surface area contributed by atoms with Crippen molar-refractivity contribution >= 4 is 0 Å². The van der Waals surface area contributed by atoms with Crippen LogP contribution in [0, 0.1) is 0 Å². The summed E-state index contributed by atoms with van der Waals surface area (Å²) in [7, 11) is 1.71. The molecule has 0 rings (SSSR count). The largest absolute Gasteiger partial charge is 0.385 e. The van der Waals surface area contributed by atoms with E-state index in [1.54, 1.807) is 7.11 Å². The summed E-state index contributed by atoms with van der Waals surface area (Å²) in [5, 5.41) is 0. The molecule has 0 radical (unpaired) electrons. The van der Waals surface area contributed by atoms with Crippen LogP contribution in [0.4, 0.5) is 0 Å². The van der Waals surface area contributed by atoms with Crippen LogP contribution in [0.2, 0.25) is 0 Å². The van der Waals surface area contributed by atoms with Gasteiger partial charge in [-0.15, -0.1) is 0 Å². The van der Waals surface area contributed by atoms with Crippen molar-refractivity contribution in [1.29, 1.82) is 0 Å². The molecule has 0 saturated heterocycles. The third kappa shape index (κ3) is 9.80. The summed E-state index contributed by atoms with van der Waals surface area (Å²) in [6.07, 6.45) is 4.20. The molecule has 0 aromatic carbocycles. The topological polar surface area (TPSA) is 44.5 Å². The van der Waals surface area contributed by atoms with Gasteiger partial charge in [0.05, 0.1) is 0 Å². The van der Waals surface area contributed by atoms with Gasteiger partial charge >= 0.3 is 0 Å². The highest BCUT2D eigenvalue weighted by atomic mass is 16.5. The van der Waals surface area contributed by atoms with Crippen molar-refractivity contribution in [3.05, 3.63) is 0 Å². The summed E-state index contributed by atoms with van der Waals surface area (Å²) in [5.41, 5.74) is 5.82. The molecule has 0 fully saturated rings. The highest BCUT2D eigenvalue weighted by molar-refractivity contribution is 4.58. The molecule has 0 aliphatic heterocycles. The Morgan fingerprint density at radius 2 is 1.92 bits per heavy atom. The lowest BCUT2D eigenvalue weighted by Crippen LogP contribution is -2.21. The van der Waals surface area contributed by atoms with Crippen LogP contribution in [0.1, 0.15) is 32.6 Å². The highest BCUT2D eigenvalue weighted by Crippen LogP contribution is 1.98. The van der Waals surface area contributed by atoms with Gasteiger partial charge in [-0.3, -0.25) is 0 Å². The monoisotopic (exact) mass is 189 g/mol. The molecule has 1 atom stereocenters. The normalized spacial score (nSPS) is 13.2. The van der Waals surface area contributed by atoms with Gasteiger partial charge in [0, 0.05) is 33.0 Å². The number of methoxy groups -OCH3 is 1. The first-order chi connectivity index (χ1) is 6.31. The fourth-order valence-electron chi connectivity index (χ4n) is 1.16. The van der Waals surface area contributed by atoms with Crippen molar-refractivity contribution in [3.8, 4) is 0 Å². The minimum Gasteiger partial charge on any atom is -0.385 e. The molecule has 3 heteroatoms. The van der Waals surface area contributed by atoms with Crippen LogP contribution < -0.4 is 5.73 Å². The van der Waals surface area contributed by atoms with E-state index in [-0.39, 0.29) is 0 Å². The van der Waals surface area contributed by atoms with Crippen LogP contribution in [0.25, 0.3) is 0 Å². The molecule has 2 N–H and O–H groups in total. The van der Waals surface area contributed by atoms with Crippen molar-refractivity contribution in [2.75, 3.05) is 26.9 Å². The summed E-state index contributed by atoms with van der Waals surface area (Å²) < 4.78 is 10.3. The molecule has 0 aromatic heterocycles. The number of ether oxygens (including phenoxy) is 2. The van der Waals surface area contributed by atoms with Crippen molar-refractivity contribution < 1.29 is 9.47 Å². The molecule has 0 aliphatic carbocycles. The first-order valence-corrected chi connectivity index (χ1v) is 5.13. The zero-order valence-corrected chi connectivity index (χ0v) is 8.92. The van der Waals surface area contributed by atoms with Crippen LogP contribution in [-0.4, -0.2) is 33.0 Å². The number of hydrogen-bond donors (Lipinski definition) is 1. The van der Waals surface area contributed by atoms with Crippen molar-refractivity contribution in [2.24, 2.45) is 5.73 Å². The van der Waals surface area contributed by atoms with E-state index in [9.17, 15) is 0 Å². The van der Waals surface area contributed by atoms with E-state index < -0.39 is 0 Å². The number of rotatable bonds is 9. The molecule has 0 saturated carbocycles. The summed E-state index contributed by atoms with van der Waals surface area (Å²) >= 11 is 0. The van der Waals surface area contributed by atoms with Gasteiger partial charge in [0.1, 0.15) is 0 Å². The molecule has 80 valence electrons. The van der Waals surface area contributed by atoms with Crippen LogP contribution >= 0.6 is 0 Å². The summed E-state index contributed by atoms with van der Waals surface area (Å²) in [6.45, 7) is 4.50. The third-order valence-corrected chi connectivity index (χ3v) is 1.93. The van der Waals surface area contributed by atoms with Gasteiger partial charge in [-0.25, -0.2) is 0 Å². The second kappa shape index (κ2) is 9.96. The fraction of sp³-hybridized carbons (Fsp3) is 1.00. The van der Waals surface area contributed by atoms with Gasteiger partial charge in [-0.1, -0.05) is 13.3 Å². The van der Waals surface area contributed by atoms with E-state index in [1.807, 2.05) is 0 Å². The zero-order valence-electron chi connectivity index (χ0n) is 8.92. The van der Waals surface area contributed by atoms with Gasteiger partial charge < -0.3 is 15.2 Å². The Kier molecular flexibility index (Phi) is 9.87. The molecule has 1 unspecified atom stereocenters. The maximum Gasteiger partial charge on any atom is 0.0487 e. The maximum atomic E-state index is 5.82. The second-order valence-corrected chi connectivity index (χ2v) is 3.30. The Bertz CT molecular complexity index is 98.9. The molecule has 3 nitrogen and oxygen atoms in total. The van der Waals surface area contributed by atoms with Gasteiger partial charge in [0.15, 0.2) is 0 Å². The quantitative estimate of drug-likeness (QED) is 0.560. The van der Waals surface area contributed by atoms with Crippen LogP contribution in [-0.2, 0) is 9.47 Å². The fourth-order valence-corrected chi connectivity index (χ4v) is 1.16. The van der Waals surface area contributed by atoms with E-state index in [4.69, 9.17) is 15.2 Å². The van der Waals surface area contributed by atoms with E-state index >= 15 is 0 Å². The smallest absolute Gasteiger partial charge is 0.0487 e. The van der Waals surface area contributed by atoms with Gasteiger partial charge in [-0.05, 0) is 19.3 Å². The van der Waals surface area contributed by atoms with Crippen molar-refractivity contribution in [1.82, 2.24) is 0 Å². The van der Waals surface area contributed by atoms with Crippen molar-refractivity contribution in [2.45, 2.75) is 38.6 Å². The maximum absolute atomic E-state index is 5.82. The molecule has 0 amide bonds. The minimum atomic E-state index is 0.312. The second-order valence-electron chi connectivity index (χ2n) is 3.30. The molecule has 0 aliphatic rings. The molecular weight excluding hydrogens is 166 g/mol. The summed E-state index contributed by atoms with van der Waals surface area (Å²) in [6, 6.07) is 0.312. The summed E-state index contributed by atoms with van der Waals surface area (Å²) in [4.78, 5) is 0. The van der Waals surface area contributed by atoms with E-state index in [0.29, 0.717) is 6.04 Å². The molecular formula is C10H23NO2. The lowest BCUT2D eigenvalue weighted by molar-refractivity contribution is 0.0979. The molecule has 0 aromatic rings. The predicted octanol–water partition coefficient (Wildman–Crippen LogP) is 1.56. The Labute approximate surface area is 81.6 Å². The average molecular weight is 189 g/mol. The minimum absolute atomic E-state index is 0.312. The first kappa shape index (κ1) is 12.9. The van der Waals surface area contributed by atoms with E-state index in [0.717, 1.165) is 45.5 Å². The van der Waals surface area contributed by atoms with Gasteiger partial charge in [0.2, 0.25) is 0 Å². The standard InChI is InChI=1S/C10H23NO2/c1-3-5-10(11)6-9-13-8-4-7-12-2/h10H,3-9,11H2,1-2H3. The van der Waals surface area contributed by atoms with E-state index in [1.165, 1.54) is 0 Å². The van der Waals surface area contributed by atoms with Crippen LogP contribution in [0.3, 0.4) is 0 Å². The molecule has 0 bridgehead atoms. The Morgan fingerprint density at radius 1 is 1.15 bits per heavy atom. The summed E-state index contributed by atoms with van der Waals surface area (Å²) in [5.74, 6) is 0. The number of nitrogens with two attached hydrogens (primary N) is 1. The Hall–Kier alpha value is -0.120.